The van der Waals surface area contributed by atoms with Gasteiger partial charge in [-0.3, -0.25) is 0 Å². The minimum Gasteiger partial charge on any atom is 0 e. The van der Waals surface area contributed by atoms with Crippen LogP contribution >= 0.6 is 0 Å². The molecule has 0 aliphatic heterocycles. The van der Waals surface area contributed by atoms with Crippen LogP contribution in [0.25, 0.3) is 0 Å². The average molecular weight is 344 g/mol. The summed E-state index contributed by atoms with van der Waals surface area (Å²) in [4.78, 5) is 0. The molecule has 42 valence electrons. The second-order valence-electron chi connectivity index (χ2n) is 0. The molecule has 0 amide bonds. The quantitative estimate of drug-likeness (QED) is 0.485. The smallest absolute Gasteiger partial charge is 0 e. The van der Waals surface area contributed by atoms with Crippen molar-refractivity contribution in [2.24, 2.45) is 0 Å². The Kier molecular flexibility index (Phi) is 363. The summed E-state index contributed by atoms with van der Waals surface area (Å²) < 4.78 is 0. The molecule has 0 bridgehead atoms. The van der Waals surface area contributed by atoms with Crippen LogP contribution < -0.4 is 0 Å². The van der Waals surface area contributed by atoms with Gasteiger partial charge >= 0.3 is 0 Å². The maximum absolute atomic E-state index is 0. The maximum Gasteiger partial charge on any atom is 0.187 e. The van der Waals surface area contributed by atoms with Crippen molar-refractivity contribution in [3.05, 3.63) is 0 Å². The van der Waals surface area contributed by atoms with Crippen LogP contribution in [-0.4, -0.2) is 17.4 Å². The Morgan fingerprint density at radius 3 is 1.00 bits per heavy atom. The van der Waals surface area contributed by atoms with Crippen LogP contribution in [0.1, 0.15) is 0 Å². The molecule has 0 aromatic heterocycles. The molecule has 0 saturated carbocycles. The third-order valence-corrected chi connectivity index (χ3v) is 0. The Morgan fingerprint density at radius 1 is 1.00 bits per heavy atom. The van der Waals surface area contributed by atoms with E-state index < -0.39 is 0 Å². The van der Waals surface area contributed by atoms with E-state index >= 15 is 0 Å². The molecule has 2 radical (unpaired) electrons. The Bertz CT molecular complexity index is 15.5. The van der Waals surface area contributed by atoms with Crippen molar-refractivity contribution >= 4 is 17.4 Å². The van der Waals surface area contributed by atoms with Gasteiger partial charge < -0.3 is 0 Å². The zero-order chi connectivity index (χ0) is 0. The zero-order valence-electron chi connectivity index (χ0n) is 1.95. The van der Waals surface area contributed by atoms with Crippen LogP contribution in [0.15, 0.2) is 0 Å². The molecule has 6 heavy (non-hydrogen) atoms. The topological polar surface area (TPSA) is 0 Å². The fourth-order valence-electron chi connectivity index (χ4n) is 0. The summed E-state index contributed by atoms with van der Waals surface area (Å²) >= 11 is 0. The molecule has 0 spiro atoms. The largest absolute Gasteiger partial charge is 0.187 e. The average Bonchev–Trinajstić information content (AvgIpc) is 0. The summed E-state index contributed by atoms with van der Waals surface area (Å²) in [7, 11) is 0. The first-order chi connectivity index (χ1) is 0. The van der Waals surface area contributed by atoms with Crippen molar-refractivity contribution < 1.29 is 94.4 Å². The third-order valence-electron chi connectivity index (χ3n) is 0. The van der Waals surface area contributed by atoms with Gasteiger partial charge in [0.25, 0.3) is 0 Å². The van der Waals surface area contributed by atoms with Crippen LogP contribution in [0, 0.1) is 0 Å². The summed E-state index contributed by atoms with van der Waals surface area (Å²) in [5.41, 5.74) is 0. The van der Waals surface area contributed by atoms with Gasteiger partial charge in [0.2, 0.25) is 0 Å². The Balaban J connectivity index is 0. The molecule has 0 fully saturated rings. The van der Waals surface area contributed by atoms with Crippen molar-refractivity contribution in [1.82, 2.24) is 0 Å². The standard InChI is InChI=1S/Al.Co.Fe.Nb.Ni.Ti.3H. The van der Waals surface area contributed by atoms with Gasteiger partial charge in [0.05, 0.1) is 0 Å². The first kappa shape index (κ1) is 55.9. The first-order valence-electron chi connectivity index (χ1n) is 0. The number of rotatable bonds is 0. The van der Waals surface area contributed by atoms with Crippen LogP contribution in [-0.2, 0) is 94.4 Å². The third kappa shape index (κ3) is 25.8. The molecule has 0 aromatic carbocycles. The minimum atomic E-state index is 0. The first-order valence-corrected chi connectivity index (χ1v) is 0. The van der Waals surface area contributed by atoms with E-state index in [-0.39, 0.29) is 112 Å². The van der Waals surface area contributed by atoms with E-state index in [1.807, 2.05) is 0 Å². The van der Waals surface area contributed by atoms with Crippen molar-refractivity contribution in [2.45, 2.75) is 0 Å². The molecule has 0 aliphatic rings. The second kappa shape index (κ2) is 39.0. The number of hydrogen-bond acceptors (Lipinski definition) is 0. The summed E-state index contributed by atoms with van der Waals surface area (Å²) in [6.45, 7) is 0. The Hall–Kier alpha value is 3.51. The molecule has 6 heteroatoms. The van der Waals surface area contributed by atoms with Crippen molar-refractivity contribution in [3.63, 3.8) is 0 Å². The van der Waals surface area contributed by atoms with Gasteiger partial charge in [-0.25, -0.2) is 0 Å². The molecule has 0 heterocycles. The predicted molar refractivity (Wildman–Crippen MR) is 9.94 cm³/mol. The summed E-state index contributed by atoms with van der Waals surface area (Å²) in [5.74, 6) is 0. The molecule has 0 nitrogen and oxygen atoms in total. The SMILES string of the molecule is [AlH3].[Co].[Fe].[Nb].[Ni].[Ti]. The van der Waals surface area contributed by atoms with Crippen LogP contribution in [0.3, 0.4) is 0 Å². The zero-order valence-corrected chi connectivity index (χ0v) is 8.84. The molecule has 0 saturated heterocycles. The Labute approximate surface area is 110 Å². The molecule has 0 aromatic rings. The van der Waals surface area contributed by atoms with Crippen molar-refractivity contribution in [1.29, 1.82) is 0 Å². The van der Waals surface area contributed by atoms with Crippen molar-refractivity contribution in [2.75, 3.05) is 0 Å². The summed E-state index contributed by atoms with van der Waals surface area (Å²) in [6, 6.07) is 0. The molecule has 0 aliphatic carbocycles. The molecule has 0 rings (SSSR count). The van der Waals surface area contributed by atoms with E-state index in [9.17, 15) is 0 Å². The molecule has 0 unspecified atom stereocenters. The Morgan fingerprint density at radius 2 is 1.00 bits per heavy atom. The van der Waals surface area contributed by atoms with Crippen LogP contribution in [0.2, 0.25) is 0 Å². The monoisotopic (exact) mass is 344 g/mol. The summed E-state index contributed by atoms with van der Waals surface area (Å²) in [6.07, 6.45) is 0. The minimum absolute atomic E-state index is 0. The molecule has 0 N–H and O–H groups in total. The van der Waals surface area contributed by atoms with E-state index in [2.05, 4.69) is 0 Å². The van der Waals surface area contributed by atoms with E-state index in [4.69, 9.17) is 0 Å². The van der Waals surface area contributed by atoms with Gasteiger partial charge in [0, 0.05) is 94.4 Å². The van der Waals surface area contributed by atoms with Gasteiger partial charge in [-0.15, -0.1) is 0 Å². The van der Waals surface area contributed by atoms with E-state index in [1.165, 1.54) is 0 Å². The van der Waals surface area contributed by atoms with E-state index in [1.54, 1.807) is 0 Å². The second-order valence-corrected chi connectivity index (χ2v) is 0. The molecular weight excluding hydrogens is 341 g/mol. The molecule has 0 atom stereocenters. The summed E-state index contributed by atoms with van der Waals surface area (Å²) in [5, 5.41) is 0. The van der Waals surface area contributed by atoms with Gasteiger partial charge in [0.15, 0.2) is 17.4 Å². The molecular formula is H3AlCoFeNbNiTi. The van der Waals surface area contributed by atoms with Gasteiger partial charge in [0.1, 0.15) is 0 Å². The van der Waals surface area contributed by atoms with Gasteiger partial charge in [-0.2, -0.15) is 0 Å². The fourth-order valence-corrected chi connectivity index (χ4v) is 0. The van der Waals surface area contributed by atoms with Gasteiger partial charge in [-0.05, 0) is 0 Å². The maximum atomic E-state index is 0. The van der Waals surface area contributed by atoms with Crippen LogP contribution in [0.4, 0.5) is 0 Å². The normalized spacial score (nSPS) is 0. The van der Waals surface area contributed by atoms with E-state index in [0.717, 1.165) is 0 Å². The van der Waals surface area contributed by atoms with Crippen LogP contribution in [0.5, 0.6) is 0 Å². The van der Waals surface area contributed by atoms with Crippen molar-refractivity contribution in [3.8, 4) is 0 Å². The predicted octanol–water partition coefficient (Wildman–Crippen LogP) is -1.20. The fraction of sp³-hybridized carbons (Fsp3) is 0. The van der Waals surface area contributed by atoms with Gasteiger partial charge in [-0.1, -0.05) is 0 Å². The van der Waals surface area contributed by atoms with E-state index in [0.29, 0.717) is 0 Å². The number of hydrogen-bond donors (Lipinski definition) is 0.